The third-order valence-corrected chi connectivity index (χ3v) is 4.93. The predicted molar refractivity (Wildman–Crippen MR) is 120 cm³/mol. The molecule has 3 aromatic rings. The lowest BCUT2D eigenvalue weighted by atomic mass is 10.1. The Morgan fingerprint density at radius 1 is 1.04 bits per heavy atom. The average molecular weight is 463 g/mol. The fourth-order valence-corrected chi connectivity index (χ4v) is 3.58. The molecule has 0 unspecified atom stereocenters. The number of rotatable bonds is 6. The van der Waals surface area contributed by atoms with Crippen LogP contribution in [-0.2, 0) is 6.54 Å². The van der Waals surface area contributed by atoms with Crippen LogP contribution in [-0.4, -0.2) is 25.2 Å². The van der Waals surface area contributed by atoms with Crippen LogP contribution >= 0.6 is 28.3 Å². The summed E-state index contributed by atoms with van der Waals surface area (Å²) in [6.45, 7) is 2.43. The molecular formula is C20H23BrN4O2S. The van der Waals surface area contributed by atoms with Crippen molar-refractivity contribution in [3.05, 3.63) is 59.0 Å². The molecule has 0 aliphatic heterocycles. The van der Waals surface area contributed by atoms with Crippen molar-refractivity contribution in [3.8, 4) is 22.8 Å². The molecule has 0 fully saturated rings. The van der Waals surface area contributed by atoms with Crippen LogP contribution in [0, 0.1) is 12.3 Å². The van der Waals surface area contributed by atoms with Gasteiger partial charge in [0.1, 0.15) is 11.5 Å². The van der Waals surface area contributed by atoms with Gasteiger partial charge in [0.2, 0.25) is 0 Å². The Balaban J connectivity index is 0.00000280. The van der Waals surface area contributed by atoms with Gasteiger partial charge in [0, 0.05) is 10.4 Å². The van der Waals surface area contributed by atoms with Gasteiger partial charge in [0.05, 0.1) is 32.0 Å². The standard InChI is InChI=1S/C20H22N4O2S.BrH/c1-13-18(14-8-5-4-6-9-14)23-20(27-13)24-19(21)22-12-15-16(25-2)10-7-11-17(15)26-3;/h4-11H,12H2,1-3H3,(H3,21,22,23,24);1H. The fraction of sp³-hybridized carbons (Fsp3) is 0.200. The number of guanidine groups is 1. The van der Waals surface area contributed by atoms with Gasteiger partial charge in [0.15, 0.2) is 11.1 Å². The van der Waals surface area contributed by atoms with E-state index >= 15 is 0 Å². The largest absolute Gasteiger partial charge is 0.496 e. The van der Waals surface area contributed by atoms with Crippen LogP contribution < -0.4 is 20.1 Å². The predicted octanol–water partition coefficient (Wildman–Crippen LogP) is 4.85. The third kappa shape index (κ3) is 5.02. The van der Waals surface area contributed by atoms with E-state index < -0.39 is 0 Å². The van der Waals surface area contributed by atoms with E-state index in [9.17, 15) is 0 Å². The van der Waals surface area contributed by atoms with E-state index in [0.717, 1.165) is 21.7 Å². The lowest BCUT2D eigenvalue weighted by molar-refractivity contribution is 0.384. The van der Waals surface area contributed by atoms with Crippen molar-refractivity contribution in [2.45, 2.75) is 13.5 Å². The lowest BCUT2D eigenvalue weighted by Crippen LogP contribution is -2.29. The average Bonchev–Trinajstić information content (AvgIpc) is 3.06. The molecule has 0 radical (unpaired) electrons. The Kier molecular flexibility index (Phi) is 7.83. The van der Waals surface area contributed by atoms with Crippen LogP contribution in [0.2, 0.25) is 0 Å². The molecule has 3 N–H and O–H groups in total. The maximum absolute atomic E-state index is 8.18. The smallest absolute Gasteiger partial charge is 0.195 e. The van der Waals surface area contributed by atoms with E-state index in [1.165, 1.54) is 11.3 Å². The van der Waals surface area contributed by atoms with Crippen molar-refractivity contribution in [2.75, 3.05) is 19.5 Å². The van der Waals surface area contributed by atoms with Crippen LogP contribution in [0.25, 0.3) is 11.3 Å². The molecule has 0 bridgehead atoms. The molecular weight excluding hydrogens is 440 g/mol. The number of nitrogens with one attached hydrogen (secondary N) is 3. The Morgan fingerprint density at radius 3 is 2.29 bits per heavy atom. The van der Waals surface area contributed by atoms with E-state index in [1.54, 1.807) is 14.2 Å². The zero-order valence-electron chi connectivity index (χ0n) is 15.9. The normalized spacial score (nSPS) is 9.96. The van der Waals surface area contributed by atoms with Crippen molar-refractivity contribution in [3.63, 3.8) is 0 Å². The topological polar surface area (TPSA) is 79.3 Å². The van der Waals surface area contributed by atoms with E-state index in [-0.39, 0.29) is 22.9 Å². The first-order valence-corrected chi connectivity index (χ1v) is 9.26. The van der Waals surface area contributed by atoms with Gasteiger partial charge in [-0.2, -0.15) is 0 Å². The van der Waals surface area contributed by atoms with E-state index in [2.05, 4.69) is 15.6 Å². The van der Waals surface area contributed by atoms with Crippen molar-refractivity contribution in [2.24, 2.45) is 0 Å². The second-order valence-electron chi connectivity index (χ2n) is 5.78. The van der Waals surface area contributed by atoms with Crippen LogP contribution in [0.5, 0.6) is 11.5 Å². The summed E-state index contributed by atoms with van der Waals surface area (Å²) in [7, 11) is 3.23. The van der Waals surface area contributed by atoms with E-state index in [1.807, 2.05) is 55.5 Å². The second-order valence-corrected chi connectivity index (χ2v) is 6.99. The van der Waals surface area contributed by atoms with Crippen LogP contribution in [0.3, 0.4) is 0 Å². The number of methoxy groups -OCH3 is 2. The minimum Gasteiger partial charge on any atom is -0.496 e. The fourth-order valence-electron chi connectivity index (χ4n) is 2.74. The summed E-state index contributed by atoms with van der Waals surface area (Å²) in [5.41, 5.74) is 2.86. The summed E-state index contributed by atoms with van der Waals surface area (Å²) in [5.74, 6) is 1.59. The lowest BCUT2D eigenvalue weighted by Gasteiger charge is -2.14. The minimum atomic E-state index is 0. The molecule has 0 amide bonds. The molecule has 0 saturated carbocycles. The van der Waals surface area contributed by atoms with Crippen molar-refractivity contribution in [1.29, 1.82) is 5.41 Å². The molecule has 0 atom stereocenters. The molecule has 3 rings (SSSR count). The van der Waals surface area contributed by atoms with Gasteiger partial charge in [0.25, 0.3) is 0 Å². The zero-order chi connectivity index (χ0) is 19.2. The molecule has 8 heteroatoms. The summed E-state index contributed by atoms with van der Waals surface area (Å²) in [5, 5.41) is 14.9. The Bertz CT molecular complexity index is 909. The number of hydrogen-bond acceptors (Lipinski definition) is 5. The van der Waals surface area contributed by atoms with Crippen LogP contribution in [0.1, 0.15) is 10.4 Å². The number of benzene rings is 2. The van der Waals surface area contributed by atoms with Gasteiger partial charge >= 0.3 is 0 Å². The highest BCUT2D eigenvalue weighted by molar-refractivity contribution is 8.93. The number of hydrogen-bond donors (Lipinski definition) is 3. The quantitative estimate of drug-likeness (QED) is 0.360. The minimum absolute atomic E-state index is 0. The number of ether oxygens (including phenoxy) is 2. The van der Waals surface area contributed by atoms with Gasteiger partial charge in [-0.1, -0.05) is 36.4 Å². The summed E-state index contributed by atoms with van der Waals surface area (Å²) >= 11 is 1.52. The number of halogens is 1. The Morgan fingerprint density at radius 2 is 1.68 bits per heavy atom. The highest BCUT2D eigenvalue weighted by Gasteiger charge is 2.13. The molecule has 1 aromatic heterocycles. The molecule has 0 aliphatic rings. The third-order valence-electron chi connectivity index (χ3n) is 4.05. The molecule has 2 aromatic carbocycles. The highest BCUT2D eigenvalue weighted by atomic mass is 79.9. The van der Waals surface area contributed by atoms with Gasteiger partial charge < -0.3 is 20.1 Å². The first-order valence-electron chi connectivity index (χ1n) is 8.44. The molecule has 28 heavy (non-hydrogen) atoms. The van der Waals surface area contributed by atoms with Crippen LogP contribution in [0.15, 0.2) is 48.5 Å². The molecule has 0 saturated heterocycles. The zero-order valence-corrected chi connectivity index (χ0v) is 18.4. The Labute approximate surface area is 179 Å². The number of aromatic nitrogens is 1. The van der Waals surface area contributed by atoms with Crippen molar-refractivity contribution < 1.29 is 9.47 Å². The number of thiazole rings is 1. The molecule has 6 nitrogen and oxygen atoms in total. The maximum atomic E-state index is 8.18. The van der Waals surface area contributed by atoms with Gasteiger partial charge in [-0.15, -0.1) is 28.3 Å². The number of anilines is 1. The maximum Gasteiger partial charge on any atom is 0.195 e. The Hall–Kier alpha value is -2.58. The van der Waals surface area contributed by atoms with Crippen LogP contribution in [0.4, 0.5) is 5.13 Å². The first kappa shape index (κ1) is 21.7. The van der Waals surface area contributed by atoms with E-state index in [4.69, 9.17) is 14.9 Å². The molecule has 0 aliphatic carbocycles. The molecule has 148 valence electrons. The number of nitrogens with zero attached hydrogens (tertiary/aromatic N) is 1. The summed E-state index contributed by atoms with van der Waals surface area (Å²) < 4.78 is 10.8. The number of aryl methyl sites for hydroxylation is 1. The molecule has 1 heterocycles. The first-order chi connectivity index (χ1) is 13.1. The summed E-state index contributed by atoms with van der Waals surface area (Å²) in [4.78, 5) is 5.72. The second kappa shape index (κ2) is 10.1. The molecule has 0 spiro atoms. The van der Waals surface area contributed by atoms with Crippen molar-refractivity contribution >= 4 is 39.4 Å². The van der Waals surface area contributed by atoms with Gasteiger partial charge in [-0.3, -0.25) is 5.41 Å². The summed E-state index contributed by atoms with van der Waals surface area (Å²) in [6.07, 6.45) is 0. The monoisotopic (exact) mass is 462 g/mol. The van der Waals surface area contributed by atoms with Gasteiger partial charge in [-0.25, -0.2) is 4.98 Å². The SMILES string of the molecule is Br.COc1cccc(OC)c1CNC(=N)Nc1nc(-c2ccccc2)c(C)s1. The summed E-state index contributed by atoms with van der Waals surface area (Å²) in [6, 6.07) is 15.6. The highest BCUT2D eigenvalue weighted by Crippen LogP contribution is 2.30. The van der Waals surface area contributed by atoms with Crippen molar-refractivity contribution in [1.82, 2.24) is 10.3 Å². The van der Waals surface area contributed by atoms with E-state index in [0.29, 0.717) is 23.2 Å². The van der Waals surface area contributed by atoms with Gasteiger partial charge in [-0.05, 0) is 19.1 Å².